The number of thiophene rings is 1. The van der Waals surface area contributed by atoms with Crippen molar-refractivity contribution in [3.63, 3.8) is 0 Å². The molecule has 1 unspecified atom stereocenters. The largest absolute Gasteiger partial charge is 0.316 e. The Balaban J connectivity index is 2.73. The van der Waals surface area contributed by atoms with E-state index in [1.54, 1.807) is 11.3 Å². The second-order valence-electron chi connectivity index (χ2n) is 2.23. The average molecular weight is 236 g/mol. The number of nitrogens with one attached hydrogen (secondary N) is 1. The van der Waals surface area contributed by atoms with Gasteiger partial charge in [-0.1, -0.05) is 6.92 Å². The molecule has 0 aliphatic heterocycles. The Morgan fingerprint density at radius 1 is 1.73 bits per heavy atom. The standard InChI is InChI=1S/C7H10BrNOS/c1-2-5(9-10)6-3-4-7(8)11-6/h3-5,9-10H,2H2,1H3. The summed E-state index contributed by atoms with van der Waals surface area (Å²) in [6, 6.07) is 4.07. The van der Waals surface area contributed by atoms with Crippen LogP contribution in [0.3, 0.4) is 0 Å². The van der Waals surface area contributed by atoms with Gasteiger partial charge in [-0.05, 0) is 34.5 Å². The van der Waals surface area contributed by atoms with Gasteiger partial charge in [-0.25, -0.2) is 0 Å². The Kier molecular flexibility index (Phi) is 3.51. The van der Waals surface area contributed by atoms with Gasteiger partial charge in [0, 0.05) is 4.88 Å². The Bertz CT molecular complexity index is 222. The minimum atomic E-state index is 0.0753. The van der Waals surface area contributed by atoms with Crippen LogP contribution in [0.4, 0.5) is 0 Å². The molecule has 0 spiro atoms. The fraction of sp³-hybridized carbons (Fsp3) is 0.429. The van der Waals surface area contributed by atoms with Crippen LogP contribution in [0.5, 0.6) is 0 Å². The van der Waals surface area contributed by atoms with E-state index in [1.807, 2.05) is 19.1 Å². The van der Waals surface area contributed by atoms with Crippen LogP contribution < -0.4 is 5.48 Å². The summed E-state index contributed by atoms with van der Waals surface area (Å²) in [5.41, 5.74) is 2.27. The van der Waals surface area contributed by atoms with Crippen LogP contribution >= 0.6 is 27.3 Å². The van der Waals surface area contributed by atoms with Crippen molar-refractivity contribution in [1.29, 1.82) is 0 Å². The quantitative estimate of drug-likeness (QED) is 0.791. The zero-order valence-electron chi connectivity index (χ0n) is 6.17. The predicted molar refractivity (Wildman–Crippen MR) is 50.0 cm³/mol. The van der Waals surface area contributed by atoms with E-state index in [9.17, 15) is 0 Å². The summed E-state index contributed by atoms with van der Waals surface area (Å²) in [5, 5.41) is 8.73. The number of rotatable bonds is 3. The van der Waals surface area contributed by atoms with Gasteiger partial charge >= 0.3 is 0 Å². The van der Waals surface area contributed by atoms with Crippen LogP contribution in [0, 0.1) is 0 Å². The van der Waals surface area contributed by atoms with E-state index in [-0.39, 0.29) is 6.04 Å². The highest BCUT2D eigenvalue weighted by atomic mass is 79.9. The molecule has 2 N–H and O–H groups in total. The van der Waals surface area contributed by atoms with Gasteiger partial charge in [0.25, 0.3) is 0 Å². The molecule has 0 radical (unpaired) electrons. The molecular weight excluding hydrogens is 226 g/mol. The van der Waals surface area contributed by atoms with Gasteiger partial charge in [0.1, 0.15) is 0 Å². The zero-order chi connectivity index (χ0) is 8.27. The molecule has 0 aromatic carbocycles. The lowest BCUT2D eigenvalue weighted by atomic mass is 10.2. The van der Waals surface area contributed by atoms with Crippen molar-refractivity contribution in [3.05, 3.63) is 20.8 Å². The van der Waals surface area contributed by atoms with E-state index in [0.717, 1.165) is 15.1 Å². The predicted octanol–water partition coefficient (Wildman–Crippen LogP) is 2.94. The third-order valence-corrected chi connectivity index (χ3v) is 3.24. The Hall–Kier alpha value is 0.1000. The van der Waals surface area contributed by atoms with Crippen molar-refractivity contribution in [1.82, 2.24) is 5.48 Å². The van der Waals surface area contributed by atoms with Crippen molar-refractivity contribution in [2.75, 3.05) is 0 Å². The summed E-state index contributed by atoms with van der Waals surface area (Å²) in [5.74, 6) is 0. The molecule has 1 heterocycles. The Morgan fingerprint density at radius 3 is 2.82 bits per heavy atom. The minimum Gasteiger partial charge on any atom is -0.316 e. The van der Waals surface area contributed by atoms with Gasteiger partial charge in [-0.15, -0.1) is 11.3 Å². The highest BCUT2D eigenvalue weighted by Crippen LogP contribution is 2.28. The van der Waals surface area contributed by atoms with E-state index < -0.39 is 0 Å². The smallest absolute Gasteiger partial charge is 0.0702 e. The first-order valence-corrected chi connectivity index (χ1v) is 5.03. The van der Waals surface area contributed by atoms with Gasteiger partial charge in [-0.2, -0.15) is 5.48 Å². The molecule has 1 rings (SSSR count). The molecule has 0 fully saturated rings. The second-order valence-corrected chi connectivity index (χ2v) is 4.73. The lowest BCUT2D eigenvalue weighted by Crippen LogP contribution is -2.14. The summed E-state index contributed by atoms with van der Waals surface area (Å²) >= 11 is 5.01. The normalized spacial score (nSPS) is 13.4. The van der Waals surface area contributed by atoms with Crippen molar-refractivity contribution in [2.45, 2.75) is 19.4 Å². The number of hydrogen-bond donors (Lipinski definition) is 2. The summed E-state index contributed by atoms with van der Waals surface area (Å²) in [6.07, 6.45) is 0.892. The summed E-state index contributed by atoms with van der Waals surface area (Å²) in [4.78, 5) is 1.15. The summed E-state index contributed by atoms with van der Waals surface area (Å²) in [6.45, 7) is 2.03. The minimum absolute atomic E-state index is 0.0753. The van der Waals surface area contributed by atoms with Crippen molar-refractivity contribution >= 4 is 27.3 Å². The fourth-order valence-electron chi connectivity index (χ4n) is 0.872. The van der Waals surface area contributed by atoms with Gasteiger partial charge in [0.05, 0.1) is 9.83 Å². The Morgan fingerprint density at radius 2 is 2.45 bits per heavy atom. The van der Waals surface area contributed by atoms with E-state index in [1.165, 1.54) is 0 Å². The first-order chi connectivity index (χ1) is 5.27. The lowest BCUT2D eigenvalue weighted by molar-refractivity contribution is 0.125. The van der Waals surface area contributed by atoms with Crippen LogP contribution in [-0.4, -0.2) is 5.21 Å². The number of halogens is 1. The highest BCUT2D eigenvalue weighted by molar-refractivity contribution is 9.11. The monoisotopic (exact) mass is 235 g/mol. The maximum absolute atomic E-state index is 8.73. The van der Waals surface area contributed by atoms with E-state index in [0.29, 0.717) is 0 Å². The average Bonchev–Trinajstić information content (AvgIpc) is 2.39. The van der Waals surface area contributed by atoms with Crippen molar-refractivity contribution in [3.8, 4) is 0 Å². The Labute approximate surface area is 78.3 Å². The van der Waals surface area contributed by atoms with Crippen molar-refractivity contribution < 1.29 is 5.21 Å². The maximum atomic E-state index is 8.73. The number of hydrogen-bond acceptors (Lipinski definition) is 3. The molecule has 0 bridgehead atoms. The molecule has 0 aliphatic rings. The maximum Gasteiger partial charge on any atom is 0.0702 e. The van der Waals surface area contributed by atoms with E-state index in [2.05, 4.69) is 21.4 Å². The SMILES string of the molecule is CCC(NO)c1ccc(Br)s1. The van der Waals surface area contributed by atoms with Crippen LogP contribution in [-0.2, 0) is 0 Å². The molecule has 0 amide bonds. The zero-order valence-corrected chi connectivity index (χ0v) is 8.58. The molecule has 0 saturated heterocycles. The fourth-order valence-corrected chi connectivity index (χ4v) is 2.42. The summed E-state index contributed by atoms with van der Waals surface area (Å²) < 4.78 is 1.10. The van der Waals surface area contributed by atoms with Gasteiger partial charge < -0.3 is 5.21 Å². The highest BCUT2D eigenvalue weighted by Gasteiger charge is 2.08. The molecule has 2 nitrogen and oxygen atoms in total. The van der Waals surface area contributed by atoms with Crippen LogP contribution in [0.15, 0.2) is 15.9 Å². The molecule has 4 heteroatoms. The lowest BCUT2D eigenvalue weighted by Gasteiger charge is -2.08. The van der Waals surface area contributed by atoms with E-state index in [4.69, 9.17) is 5.21 Å². The van der Waals surface area contributed by atoms with Crippen molar-refractivity contribution in [2.24, 2.45) is 0 Å². The topological polar surface area (TPSA) is 32.3 Å². The first kappa shape index (κ1) is 9.19. The number of hydroxylamine groups is 1. The van der Waals surface area contributed by atoms with Gasteiger partial charge in [0.2, 0.25) is 0 Å². The second kappa shape index (κ2) is 4.21. The molecular formula is C7H10BrNOS. The van der Waals surface area contributed by atoms with Gasteiger partial charge in [-0.3, -0.25) is 0 Å². The third-order valence-electron chi connectivity index (χ3n) is 1.50. The summed E-state index contributed by atoms with van der Waals surface area (Å²) in [7, 11) is 0. The van der Waals surface area contributed by atoms with Crippen LogP contribution in [0.2, 0.25) is 0 Å². The molecule has 0 aliphatic carbocycles. The van der Waals surface area contributed by atoms with Crippen LogP contribution in [0.25, 0.3) is 0 Å². The molecule has 11 heavy (non-hydrogen) atoms. The molecule has 1 aromatic heterocycles. The molecule has 0 saturated carbocycles. The molecule has 1 aromatic rings. The first-order valence-electron chi connectivity index (χ1n) is 3.42. The molecule has 1 atom stereocenters. The molecule has 62 valence electrons. The van der Waals surface area contributed by atoms with Crippen LogP contribution in [0.1, 0.15) is 24.3 Å². The van der Waals surface area contributed by atoms with E-state index >= 15 is 0 Å². The third kappa shape index (κ3) is 2.27. The van der Waals surface area contributed by atoms with Gasteiger partial charge in [0.15, 0.2) is 0 Å².